The van der Waals surface area contributed by atoms with Crippen LogP contribution in [0.5, 0.6) is 0 Å². The molecule has 0 fully saturated rings. The number of aromatic nitrogens is 1. The zero-order valence-corrected chi connectivity index (χ0v) is 21.5. The fourth-order valence-electron chi connectivity index (χ4n) is 4.19. The Morgan fingerprint density at radius 3 is 2.22 bits per heavy atom. The van der Waals surface area contributed by atoms with Crippen LogP contribution in [0, 0.1) is 6.92 Å². The molecule has 36 heavy (non-hydrogen) atoms. The molecule has 0 bridgehead atoms. The molecule has 0 aliphatic rings. The van der Waals surface area contributed by atoms with Crippen LogP contribution in [0.4, 0.5) is 0 Å². The number of benzene rings is 2. The molecule has 1 heterocycles. The Labute approximate surface area is 214 Å². The van der Waals surface area contributed by atoms with E-state index in [1.54, 1.807) is 24.4 Å². The monoisotopic (exact) mass is 487 g/mol. The lowest BCUT2D eigenvalue weighted by Crippen LogP contribution is -2.33. The maximum Gasteiger partial charge on any atom is 0.253 e. The van der Waals surface area contributed by atoms with Crippen LogP contribution in [0.25, 0.3) is 0 Å². The van der Waals surface area contributed by atoms with Gasteiger partial charge in [0, 0.05) is 37.0 Å². The molecule has 3 aromatic rings. The van der Waals surface area contributed by atoms with E-state index in [1.807, 2.05) is 56.0 Å². The summed E-state index contributed by atoms with van der Waals surface area (Å²) in [4.78, 5) is 32.1. The zero-order chi connectivity index (χ0) is 25.9. The van der Waals surface area contributed by atoms with Gasteiger partial charge < -0.3 is 15.3 Å². The molecule has 3 rings (SSSR count). The van der Waals surface area contributed by atoms with Crippen molar-refractivity contribution in [1.82, 2.24) is 15.2 Å². The Kier molecular flexibility index (Phi) is 10.2. The fraction of sp³-hybridized carbons (Fsp3) is 0.367. The standard InChI is InChI=1S/C30H37N3O3/c1-4-15-33(16-5-2)30(36)26-18-22(3)17-25(19-26)29(35)32-21-28(34)27-14-13-24(20-31-27)12-11-23-9-7-6-8-10-23/h6-10,13-14,17-20,28,34H,4-5,11-12,15-16,21H2,1-3H3,(H,32,35). The van der Waals surface area contributed by atoms with E-state index >= 15 is 0 Å². The summed E-state index contributed by atoms with van der Waals surface area (Å²) < 4.78 is 0. The van der Waals surface area contributed by atoms with E-state index in [2.05, 4.69) is 22.4 Å². The van der Waals surface area contributed by atoms with Crippen molar-refractivity contribution < 1.29 is 14.7 Å². The molecule has 1 unspecified atom stereocenters. The summed E-state index contributed by atoms with van der Waals surface area (Å²) in [6, 6.07) is 19.2. The smallest absolute Gasteiger partial charge is 0.253 e. The molecular weight excluding hydrogens is 450 g/mol. The molecule has 190 valence electrons. The van der Waals surface area contributed by atoms with Crippen molar-refractivity contribution in [1.29, 1.82) is 0 Å². The van der Waals surface area contributed by atoms with Gasteiger partial charge in [0.1, 0.15) is 6.10 Å². The van der Waals surface area contributed by atoms with Crippen molar-refractivity contribution in [3.63, 3.8) is 0 Å². The molecule has 2 amide bonds. The number of aliphatic hydroxyl groups is 1. The maximum absolute atomic E-state index is 13.0. The minimum Gasteiger partial charge on any atom is -0.385 e. The van der Waals surface area contributed by atoms with Gasteiger partial charge in [-0.2, -0.15) is 0 Å². The van der Waals surface area contributed by atoms with Gasteiger partial charge >= 0.3 is 0 Å². The van der Waals surface area contributed by atoms with E-state index < -0.39 is 6.10 Å². The molecule has 6 heteroatoms. The third-order valence-corrected chi connectivity index (χ3v) is 6.05. The average Bonchev–Trinajstić information content (AvgIpc) is 2.90. The molecule has 0 saturated heterocycles. The minimum atomic E-state index is -0.923. The number of aliphatic hydroxyl groups excluding tert-OH is 1. The van der Waals surface area contributed by atoms with Crippen LogP contribution in [0.3, 0.4) is 0 Å². The third-order valence-electron chi connectivity index (χ3n) is 6.05. The lowest BCUT2D eigenvalue weighted by atomic mass is 10.0. The van der Waals surface area contributed by atoms with Gasteiger partial charge in [0.05, 0.1) is 5.69 Å². The quantitative estimate of drug-likeness (QED) is 0.381. The molecule has 0 saturated carbocycles. The van der Waals surface area contributed by atoms with E-state index in [-0.39, 0.29) is 18.4 Å². The molecule has 0 aliphatic heterocycles. The summed E-state index contributed by atoms with van der Waals surface area (Å²) in [6.45, 7) is 7.37. The minimum absolute atomic E-state index is 0.0320. The Morgan fingerprint density at radius 1 is 0.917 bits per heavy atom. The van der Waals surface area contributed by atoms with Crippen molar-refractivity contribution in [2.45, 2.75) is 52.6 Å². The second-order valence-electron chi connectivity index (χ2n) is 9.18. The highest BCUT2D eigenvalue weighted by molar-refractivity contribution is 6.00. The molecule has 6 nitrogen and oxygen atoms in total. The number of amides is 2. The van der Waals surface area contributed by atoms with Gasteiger partial charge in [-0.3, -0.25) is 14.6 Å². The van der Waals surface area contributed by atoms with Crippen LogP contribution in [-0.4, -0.2) is 46.4 Å². The van der Waals surface area contributed by atoms with Crippen molar-refractivity contribution >= 4 is 11.8 Å². The lowest BCUT2D eigenvalue weighted by Gasteiger charge is -2.22. The summed E-state index contributed by atoms with van der Waals surface area (Å²) in [6.07, 6.45) is 4.41. The van der Waals surface area contributed by atoms with E-state index in [4.69, 9.17) is 0 Å². The van der Waals surface area contributed by atoms with Crippen molar-refractivity contribution in [2.75, 3.05) is 19.6 Å². The Balaban J connectivity index is 1.58. The Bertz CT molecular complexity index is 1120. The number of rotatable bonds is 12. The highest BCUT2D eigenvalue weighted by atomic mass is 16.3. The van der Waals surface area contributed by atoms with Crippen molar-refractivity contribution in [2.24, 2.45) is 0 Å². The number of carbonyl (C=O) groups is 2. The number of hydrogen-bond acceptors (Lipinski definition) is 4. The predicted molar refractivity (Wildman–Crippen MR) is 143 cm³/mol. The largest absolute Gasteiger partial charge is 0.385 e. The van der Waals surface area contributed by atoms with Crippen LogP contribution < -0.4 is 5.32 Å². The molecule has 2 N–H and O–H groups in total. The van der Waals surface area contributed by atoms with Crippen molar-refractivity contribution in [3.05, 3.63) is 100 Å². The van der Waals surface area contributed by atoms with Crippen LogP contribution in [0.1, 0.15) is 75.9 Å². The highest BCUT2D eigenvalue weighted by Gasteiger charge is 2.18. The summed E-state index contributed by atoms with van der Waals surface area (Å²) in [7, 11) is 0. The number of pyridine rings is 1. The average molecular weight is 488 g/mol. The topological polar surface area (TPSA) is 82.5 Å². The van der Waals surface area contributed by atoms with Gasteiger partial charge in [-0.05, 0) is 73.6 Å². The Hall–Kier alpha value is -3.51. The SMILES string of the molecule is CCCN(CCC)C(=O)c1cc(C)cc(C(=O)NCC(O)c2ccc(CCc3ccccc3)cn2)c1. The third kappa shape index (κ3) is 7.75. The van der Waals surface area contributed by atoms with Gasteiger partial charge in [-0.25, -0.2) is 0 Å². The molecule has 1 atom stereocenters. The molecule has 0 aliphatic carbocycles. The number of aryl methyl sites for hydroxylation is 3. The predicted octanol–water partition coefficient (Wildman–Crippen LogP) is 4.90. The normalized spacial score (nSPS) is 11.7. The highest BCUT2D eigenvalue weighted by Crippen LogP contribution is 2.15. The Morgan fingerprint density at radius 2 is 1.58 bits per heavy atom. The number of hydrogen-bond donors (Lipinski definition) is 2. The van der Waals surface area contributed by atoms with Crippen LogP contribution >= 0.6 is 0 Å². The zero-order valence-electron chi connectivity index (χ0n) is 21.5. The van der Waals surface area contributed by atoms with Crippen molar-refractivity contribution in [3.8, 4) is 0 Å². The molecular formula is C30H37N3O3. The van der Waals surface area contributed by atoms with E-state index in [1.165, 1.54) is 5.56 Å². The second-order valence-corrected chi connectivity index (χ2v) is 9.18. The number of nitrogens with zero attached hydrogens (tertiary/aromatic N) is 2. The first kappa shape index (κ1) is 27.1. The molecule has 0 radical (unpaired) electrons. The van der Waals surface area contributed by atoms with Gasteiger partial charge in [0.15, 0.2) is 0 Å². The maximum atomic E-state index is 13.0. The first-order valence-electron chi connectivity index (χ1n) is 12.8. The van der Waals surface area contributed by atoms with E-state index in [0.717, 1.165) is 36.8 Å². The van der Waals surface area contributed by atoms with Gasteiger partial charge in [0.2, 0.25) is 0 Å². The summed E-state index contributed by atoms with van der Waals surface area (Å²) in [5, 5.41) is 13.3. The van der Waals surface area contributed by atoms with Crippen LogP contribution in [0.2, 0.25) is 0 Å². The molecule has 0 spiro atoms. The lowest BCUT2D eigenvalue weighted by molar-refractivity contribution is 0.0755. The first-order chi connectivity index (χ1) is 17.4. The van der Waals surface area contributed by atoms with E-state index in [9.17, 15) is 14.7 Å². The fourth-order valence-corrected chi connectivity index (χ4v) is 4.19. The summed E-state index contributed by atoms with van der Waals surface area (Å²) in [5.74, 6) is -0.392. The summed E-state index contributed by atoms with van der Waals surface area (Å²) >= 11 is 0. The van der Waals surface area contributed by atoms with Crippen LogP contribution in [-0.2, 0) is 12.8 Å². The van der Waals surface area contributed by atoms with E-state index in [0.29, 0.717) is 29.9 Å². The molecule has 1 aromatic heterocycles. The van der Waals surface area contributed by atoms with Crippen LogP contribution in [0.15, 0.2) is 66.9 Å². The summed E-state index contributed by atoms with van der Waals surface area (Å²) in [5.41, 5.74) is 4.63. The number of carbonyl (C=O) groups excluding carboxylic acids is 2. The van der Waals surface area contributed by atoms with Gasteiger partial charge in [-0.1, -0.05) is 50.2 Å². The second kappa shape index (κ2) is 13.5. The first-order valence-corrected chi connectivity index (χ1v) is 12.8. The number of nitrogens with one attached hydrogen (secondary N) is 1. The van der Waals surface area contributed by atoms with Gasteiger partial charge in [0.25, 0.3) is 11.8 Å². The van der Waals surface area contributed by atoms with Gasteiger partial charge in [-0.15, -0.1) is 0 Å². The molecule has 2 aromatic carbocycles.